The highest BCUT2D eigenvalue weighted by molar-refractivity contribution is 9.10. The van der Waals surface area contributed by atoms with Gasteiger partial charge in [-0.2, -0.15) is 0 Å². The number of hydrogen-bond donors (Lipinski definition) is 1. The monoisotopic (exact) mass is 345 g/mol. The first-order valence-electron chi connectivity index (χ1n) is 6.42. The van der Waals surface area contributed by atoms with Crippen molar-refractivity contribution in [2.75, 3.05) is 26.8 Å². The van der Waals surface area contributed by atoms with Crippen LogP contribution < -0.4 is 0 Å². The average Bonchev–Trinajstić information content (AvgIpc) is 2.38. The van der Waals surface area contributed by atoms with Gasteiger partial charge in [0.25, 0.3) is 5.91 Å². The predicted octanol–water partition coefficient (Wildman–Crippen LogP) is 2.20. The van der Waals surface area contributed by atoms with Crippen molar-refractivity contribution in [3.63, 3.8) is 0 Å². The predicted molar refractivity (Wildman–Crippen MR) is 76.1 cm³/mol. The van der Waals surface area contributed by atoms with Crippen LogP contribution in [0.4, 0.5) is 4.39 Å². The molecule has 0 atom stereocenters. The molecule has 1 amide bonds. The third-order valence-corrected chi connectivity index (χ3v) is 3.96. The van der Waals surface area contributed by atoms with Crippen molar-refractivity contribution in [1.82, 2.24) is 4.90 Å². The van der Waals surface area contributed by atoms with Crippen molar-refractivity contribution >= 4 is 21.8 Å². The molecule has 1 heterocycles. The standard InChI is InChI=1S/C14H17BrFNO3/c1-17(9-14(19)4-6-20-7-5-14)13(18)11-3-2-10(15)8-12(11)16/h2-3,8,19H,4-7,9H2,1H3. The summed E-state index contributed by atoms with van der Waals surface area (Å²) < 4.78 is 19.6. The Labute approximate surface area is 125 Å². The topological polar surface area (TPSA) is 49.8 Å². The van der Waals surface area contributed by atoms with Gasteiger partial charge in [-0.1, -0.05) is 15.9 Å². The minimum Gasteiger partial charge on any atom is -0.388 e. The first-order chi connectivity index (χ1) is 9.41. The van der Waals surface area contributed by atoms with Crippen LogP contribution >= 0.6 is 15.9 Å². The van der Waals surface area contributed by atoms with Crippen molar-refractivity contribution < 1.29 is 19.0 Å². The molecule has 1 aromatic rings. The number of nitrogens with zero attached hydrogens (tertiary/aromatic N) is 1. The van der Waals surface area contributed by atoms with E-state index in [4.69, 9.17) is 4.74 Å². The van der Waals surface area contributed by atoms with E-state index in [1.165, 1.54) is 17.0 Å². The summed E-state index contributed by atoms with van der Waals surface area (Å²) in [5.74, 6) is -1.01. The van der Waals surface area contributed by atoms with Gasteiger partial charge in [-0.3, -0.25) is 4.79 Å². The lowest BCUT2D eigenvalue weighted by molar-refractivity contribution is -0.0734. The highest BCUT2D eigenvalue weighted by atomic mass is 79.9. The number of amides is 1. The molecule has 1 saturated heterocycles. The van der Waals surface area contributed by atoms with E-state index in [-0.39, 0.29) is 12.1 Å². The molecule has 0 saturated carbocycles. The van der Waals surface area contributed by atoms with Gasteiger partial charge in [0.1, 0.15) is 5.82 Å². The molecule has 1 aliphatic rings. The van der Waals surface area contributed by atoms with Crippen molar-refractivity contribution in [2.24, 2.45) is 0 Å². The van der Waals surface area contributed by atoms with Crippen LogP contribution in [0.5, 0.6) is 0 Å². The summed E-state index contributed by atoms with van der Waals surface area (Å²) in [6, 6.07) is 4.31. The van der Waals surface area contributed by atoms with Crippen LogP contribution in [0.25, 0.3) is 0 Å². The van der Waals surface area contributed by atoms with Crippen LogP contribution in [0.3, 0.4) is 0 Å². The Morgan fingerprint density at radius 1 is 1.50 bits per heavy atom. The fraction of sp³-hybridized carbons (Fsp3) is 0.500. The van der Waals surface area contributed by atoms with Crippen LogP contribution in [-0.4, -0.2) is 48.3 Å². The molecule has 6 heteroatoms. The van der Waals surface area contributed by atoms with Gasteiger partial charge in [-0.25, -0.2) is 4.39 Å². The SMILES string of the molecule is CN(CC1(O)CCOCC1)C(=O)c1ccc(Br)cc1F. The molecule has 20 heavy (non-hydrogen) atoms. The summed E-state index contributed by atoms with van der Waals surface area (Å²) in [5, 5.41) is 10.4. The molecule has 0 bridgehead atoms. The zero-order chi connectivity index (χ0) is 14.8. The lowest BCUT2D eigenvalue weighted by Gasteiger charge is -2.35. The second-order valence-electron chi connectivity index (χ2n) is 5.12. The molecule has 1 N–H and O–H groups in total. The molecule has 1 aromatic carbocycles. The van der Waals surface area contributed by atoms with Gasteiger partial charge in [-0.05, 0) is 18.2 Å². The van der Waals surface area contributed by atoms with Crippen molar-refractivity contribution in [2.45, 2.75) is 18.4 Å². The quantitative estimate of drug-likeness (QED) is 0.913. The molecule has 1 aliphatic heterocycles. The fourth-order valence-corrected chi connectivity index (χ4v) is 2.62. The van der Waals surface area contributed by atoms with Gasteiger partial charge >= 0.3 is 0 Å². The fourth-order valence-electron chi connectivity index (χ4n) is 2.29. The van der Waals surface area contributed by atoms with Gasteiger partial charge in [0.2, 0.25) is 0 Å². The van der Waals surface area contributed by atoms with E-state index in [1.54, 1.807) is 13.1 Å². The number of carbonyl (C=O) groups is 1. The smallest absolute Gasteiger partial charge is 0.256 e. The third-order valence-electron chi connectivity index (χ3n) is 3.46. The van der Waals surface area contributed by atoms with E-state index in [0.29, 0.717) is 30.5 Å². The molecular weight excluding hydrogens is 329 g/mol. The summed E-state index contributed by atoms with van der Waals surface area (Å²) >= 11 is 3.15. The van der Waals surface area contributed by atoms with Crippen LogP contribution in [0, 0.1) is 5.82 Å². The maximum absolute atomic E-state index is 13.8. The summed E-state index contributed by atoms with van der Waals surface area (Å²) in [7, 11) is 1.57. The van der Waals surface area contributed by atoms with E-state index >= 15 is 0 Å². The summed E-state index contributed by atoms with van der Waals surface area (Å²) in [6.45, 7) is 1.13. The van der Waals surface area contributed by atoms with Crippen LogP contribution in [-0.2, 0) is 4.74 Å². The number of likely N-dealkylation sites (N-methyl/N-ethyl adjacent to an activating group) is 1. The number of carbonyl (C=O) groups excluding carboxylic acids is 1. The summed E-state index contributed by atoms with van der Waals surface area (Å²) in [4.78, 5) is 13.6. The Morgan fingerprint density at radius 3 is 2.75 bits per heavy atom. The van der Waals surface area contributed by atoms with Crippen molar-refractivity contribution in [1.29, 1.82) is 0 Å². The van der Waals surface area contributed by atoms with E-state index in [2.05, 4.69) is 15.9 Å². The number of benzene rings is 1. The highest BCUT2D eigenvalue weighted by Crippen LogP contribution is 2.23. The van der Waals surface area contributed by atoms with Crippen molar-refractivity contribution in [3.8, 4) is 0 Å². The molecule has 110 valence electrons. The second-order valence-corrected chi connectivity index (χ2v) is 6.04. The minimum absolute atomic E-state index is 0.00589. The van der Waals surface area contributed by atoms with Gasteiger partial charge in [0, 0.05) is 44.1 Å². The van der Waals surface area contributed by atoms with Gasteiger partial charge < -0.3 is 14.7 Å². The number of hydrogen-bond acceptors (Lipinski definition) is 3. The summed E-state index contributed by atoms with van der Waals surface area (Å²) in [5.41, 5.74) is -0.944. The van der Waals surface area contributed by atoms with Crippen LogP contribution in [0.2, 0.25) is 0 Å². The van der Waals surface area contributed by atoms with E-state index in [9.17, 15) is 14.3 Å². The molecule has 0 spiro atoms. The molecular formula is C14H17BrFNO3. The molecule has 0 unspecified atom stereocenters. The van der Waals surface area contributed by atoms with Crippen LogP contribution in [0.1, 0.15) is 23.2 Å². The molecule has 0 aromatic heterocycles. The highest BCUT2D eigenvalue weighted by Gasteiger charge is 2.33. The second kappa shape index (κ2) is 6.20. The first-order valence-corrected chi connectivity index (χ1v) is 7.21. The Balaban J connectivity index is 2.08. The largest absolute Gasteiger partial charge is 0.388 e. The molecule has 0 radical (unpaired) electrons. The zero-order valence-electron chi connectivity index (χ0n) is 11.2. The Kier molecular flexibility index (Phi) is 4.78. The number of rotatable bonds is 3. The average molecular weight is 346 g/mol. The molecule has 1 fully saturated rings. The van der Waals surface area contributed by atoms with Gasteiger partial charge in [0.05, 0.1) is 11.2 Å². The Hall–Kier alpha value is -0.980. The maximum atomic E-state index is 13.8. The Bertz CT molecular complexity index is 503. The number of halogens is 2. The zero-order valence-corrected chi connectivity index (χ0v) is 12.8. The van der Waals surface area contributed by atoms with Gasteiger partial charge in [0.15, 0.2) is 0 Å². The minimum atomic E-state index is -0.950. The van der Waals surface area contributed by atoms with E-state index < -0.39 is 17.3 Å². The van der Waals surface area contributed by atoms with Crippen molar-refractivity contribution in [3.05, 3.63) is 34.1 Å². The van der Waals surface area contributed by atoms with Crippen LogP contribution in [0.15, 0.2) is 22.7 Å². The van der Waals surface area contributed by atoms with E-state index in [0.717, 1.165) is 0 Å². The maximum Gasteiger partial charge on any atom is 0.256 e. The summed E-state index contributed by atoms with van der Waals surface area (Å²) in [6.07, 6.45) is 0.959. The molecule has 4 nitrogen and oxygen atoms in total. The normalized spacial score (nSPS) is 17.8. The van der Waals surface area contributed by atoms with Gasteiger partial charge in [-0.15, -0.1) is 0 Å². The lowest BCUT2D eigenvalue weighted by atomic mass is 9.93. The first kappa shape index (κ1) is 15.4. The third kappa shape index (κ3) is 3.56. The Morgan fingerprint density at radius 2 is 2.15 bits per heavy atom. The molecule has 2 rings (SSSR count). The van der Waals surface area contributed by atoms with E-state index in [1.807, 2.05) is 0 Å². The lowest BCUT2D eigenvalue weighted by Crippen LogP contribution is -2.47. The number of aliphatic hydroxyl groups is 1. The molecule has 0 aliphatic carbocycles. The number of ether oxygens (including phenoxy) is 1.